The van der Waals surface area contributed by atoms with Gasteiger partial charge in [-0.3, -0.25) is 4.55 Å². The molecule has 6 aromatic rings. The van der Waals surface area contributed by atoms with Crippen LogP contribution in [0.2, 0.25) is 0 Å². The normalized spacial score (nSPS) is 13.9. The molecule has 0 aromatic heterocycles. The first-order valence-corrected chi connectivity index (χ1v) is 14.7. The van der Waals surface area contributed by atoms with Crippen molar-refractivity contribution in [2.24, 2.45) is 0 Å². The second kappa shape index (κ2) is 11.0. The Morgan fingerprint density at radius 1 is 0.591 bits per heavy atom. The zero-order valence-electron chi connectivity index (χ0n) is 22.3. The molecule has 214 valence electrons. The van der Waals surface area contributed by atoms with Crippen molar-refractivity contribution in [1.82, 2.24) is 0 Å². The molecule has 44 heavy (non-hydrogen) atoms. The van der Waals surface area contributed by atoms with Crippen LogP contribution in [0.5, 0.6) is 23.0 Å². The van der Waals surface area contributed by atoms with Crippen LogP contribution in [0.3, 0.4) is 0 Å². The second-order valence-electron chi connectivity index (χ2n) is 10.3. The number of carbonyl (C=O) groups is 1. The SMILES string of the molecule is O=C1OC2(c3ccc(O)cc3Oc3cc(O)ccc32)c2ccccc21.O=S(=O)(O)c1ccc2cc3ccccc3cc2c1.[NaH]. The summed E-state index contributed by atoms with van der Waals surface area (Å²) in [5.41, 5.74) is 1.28. The summed E-state index contributed by atoms with van der Waals surface area (Å²) < 4.78 is 43.0. The maximum atomic E-state index is 12.5. The number of phenols is 2. The standard InChI is InChI=1S/C20H12O5.C14H10O3S.Na.H/c21-11-5-7-15-17(9-11)24-18-10-12(22)6-8-16(18)20(15)14-4-2-1-3-13(14)19(23)25-20;15-18(16,17)14-6-5-12-7-10-3-1-2-4-11(10)8-13(12)9-14;;/h1-10,21-22H;1-9H,(H,15,16,17);;. The molecular weight excluding hydrogens is 591 g/mol. The fraction of sp³-hybridized carbons (Fsp3) is 0.0294. The van der Waals surface area contributed by atoms with Gasteiger partial charge in [0, 0.05) is 28.8 Å². The minimum atomic E-state index is -4.15. The topological polar surface area (TPSA) is 130 Å². The zero-order chi connectivity index (χ0) is 29.9. The van der Waals surface area contributed by atoms with E-state index in [1.807, 2.05) is 48.5 Å². The van der Waals surface area contributed by atoms with E-state index in [4.69, 9.17) is 14.0 Å². The van der Waals surface area contributed by atoms with Crippen molar-refractivity contribution in [1.29, 1.82) is 0 Å². The number of hydrogen-bond acceptors (Lipinski definition) is 7. The number of aromatic hydroxyl groups is 2. The second-order valence-corrected chi connectivity index (χ2v) is 11.7. The van der Waals surface area contributed by atoms with Crippen molar-refractivity contribution in [2.75, 3.05) is 0 Å². The first-order valence-electron chi connectivity index (χ1n) is 13.2. The van der Waals surface area contributed by atoms with Crippen molar-refractivity contribution < 1.29 is 37.5 Å². The first kappa shape index (κ1) is 29.7. The number of fused-ring (bicyclic) bond motifs is 8. The van der Waals surface area contributed by atoms with Crippen LogP contribution >= 0.6 is 0 Å². The Kier molecular flexibility index (Phi) is 7.39. The Morgan fingerprint density at radius 3 is 1.75 bits per heavy atom. The van der Waals surface area contributed by atoms with Gasteiger partial charge in [-0.05, 0) is 76.1 Å². The van der Waals surface area contributed by atoms with Crippen molar-refractivity contribution in [2.45, 2.75) is 10.5 Å². The van der Waals surface area contributed by atoms with Crippen LogP contribution in [0.25, 0.3) is 21.5 Å². The molecule has 0 amide bonds. The molecule has 3 N–H and O–H groups in total. The zero-order valence-corrected chi connectivity index (χ0v) is 23.1. The molecule has 2 aliphatic rings. The van der Waals surface area contributed by atoms with E-state index in [0.717, 1.165) is 21.5 Å². The molecule has 0 aliphatic carbocycles. The van der Waals surface area contributed by atoms with E-state index in [1.54, 1.807) is 30.3 Å². The van der Waals surface area contributed by atoms with Crippen molar-refractivity contribution in [3.8, 4) is 23.0 Å². The fourth-order valence-electron chi connectivity index (χ4n) is 5.73. The van der Waals surface area contributed by atoms with Gasteiger partial charge in [0.2, 0.25) is 0 Å². The average molecular weight is 615 g/mol. The quantitative estimate of drug-likeness (QED) is 0.0857. The number of carbonyl (C=O) groups excluding carboxylic acids is 1. The number of ether oxygens (including phenoxy) is 2. The number of hydrogen-bond donors (Lipinski definition) is 3. The van der Waals surface area contributed by atoms with Crippen LogP contribution in [0, 0.1) is 0 Å². The van der Waals surface area contributed by atoms with E-state index in [1.165, 1.54) is 36.4 Å². The molecule has 0 unspecified atom stereocenters. The van der Waals surface area contributed by atoms with Gasteiger partial charge in [0.1, 0.15) is 23.0 Å². The predicted molar refractivity (Wildman–Crippen MR) is 166 cm³/mol. The molecular formula is C34H23NaO8S. The van der Waals surface area contributed by atoms with Crippen molar-refractivity contribution >= 4 is 67.2 Å². The number of rotatable bonds is 1. The summed E-state index contributed by atoms with van der Waals surface area (Å²) in [5.74, 6) is 0.408. The van der Waals surface area contributed by atoms with Crippen LogP contribution in [0.1, 0.15) is 27.0 Å². The Morgan fingerprint density at radius 2 is 1.14 bits per heavy atom. The molecule has 0 radical (unpaired) electrons. The summed E-state index contributed by atoms with van der Waals surface area (Å²) >= 11 is 0. The summed E-state index contributed by atoms with van der Waals surface area (Å²) in [5, 5.41) is 23.5. The van der Waals surface area contributed by atoms with E-state index in [0.29, 0.717) is 33.8 Å². The third-order valence-electron chi connectivity index (χ3n) is 7.66. The molecule has 0 atom stereocenters. The molecule has 0 saturated heterocycles. The molecule has 0 fully saturated rings. The van der Waals surface area contributed by atoms with Crippen LogP contribution in [0.15, 0.2) is 120 Å². The van der Waals surface area contributed by atoms with Gasteiger partial charge >= 0.3 is 35.5 Å². The maximum absolute atomic E-state index is 12.5. The van der Waals surface area contributed by atoms with E-state index >= 15 is 0 Å². The van der Waals surface area contributed by atoms with Gasteiger partial charge in [-0.25, -0.2) is 4.79 Å². The summed E-state index contributed by atoms with van der Waals surface area (Å²) in [7, 11) is -4.15. The van der Waals surface area contributed by atoms with Crippen LogP contribution in [-0.4, -0.2) is 58.7 Å². The van der Waals surface area contributed by atoms with Gasteiger partial charge < -0.3 is 19.7 Å². The van der Waals surface area contributed by atoms with E-state index in [9.17, 15) is 23.4 Å². The third kappa shape index (κ3) is 4.89. The molecule has 0 bridgehead atoms. The average Bonchev–Trinajstić information content (AvgIpc) is 3.28. The molecule has 6 aromatic carbocycles. The Bertz CT molecular complexity index is 2180. The van der Waals surface area contributed by atoms with Crippen molar-refractivity contribution in [3.05, 3.63) is 138 Å². The van der Waals surface area contributed by atoms with Gasteiger partial charge in [-0.1, -0.05) is 48.5 Å². The molecule has 1 spiro atoms. The van der Waals surface area contributed by atoms with Crippen molar-refractivity contribution in [3.63, 3.8) is 0 Å². The fourth-order valence-corrected chi connectivity index (χ4v) is 6.25. The predicted octanol–water partition coefficient (Wildman–Crippen LogP) is 6.26. The first-order chi connectivity index (χ1) is 20.6. The molecule has 8 nitrogen and oxygen atoms in total. The molecule has 8 rings (SSSR count). The van der Waals surface area contributed by atoms with Crippen LogP contribution in [-0.2, 0) is 20.5 Å². The Hall–Kier alpha value is -4.38. The van der Waals surface area contributed by atoms with Gasteiger partial charge in [-0.2, -0.15) is 8.42 Å². The van der Waals surface area contributed by atoms with Gasteiger partial charge in [0.25, 0.3) is 10.1 Å². The molecule has 2 heterocycles. The minimum absolute atomic E-state index is 0. The van der Waals surface area contributed by atoms with E-state index in [-0.39, 0.29) is 46.0 Å². The number of benzene rings is 6. The van der Waals surface area contributed by atoms with Gasteiger partial charge in [-0.15, -0.1) is 0 Å². The van der Waals surface area contributed by atoms with Gasteiger partial charge in [0.15, 0.2) is 5.60 Å². The summed E-state index contributed by atoms with van der Waals surface area (Å²) in [4.78, 5) is 12.5. The Labute approximate surface area is 274 Å². The van der Waals surface area contributed by atoms with Gasteiger partial charge in [0.05, 0.1) is 10.5 Å². The molecule has 0 saturated carbocycles. The molecule has 10 heteroatoms. The van der Waals surface area contributed by atoms with E-state index < -0.39 is 21.7 Å². The number of esters is 1. The third-order valence-corrected chi connectivity index (χ3v) is 8.50. The summed E-state index contributed by atoms with van der Waals surface area (Å²) in [6, 6.07) is 33.0. The monoisotopic (exact) mass is 614 g/mol. The molecule has 2 aliphatic heterocycles. The summed E-state index contributed by atoms with van der Waals surface area (Å²) in [6.07, 6.45) is 0. The van der Waals surface area contributed by atoms with Crippen LogP contribution < -0.4 is 4.74 Å². The van der Waals surface area contributed by atoms with Crippen LogP contribution in [0.4, 0.5) is 0 Å². The Balaban J connectivity index is 0.000000161. The van der Waals surface area contributed by atoms with E-state index in [2.05, 4.69) is 0 Å². The summed E-state index contributed by atoms with van der Waals surface area (Å²) in [6.45, 7) is 0. The number of phenolic OH excluding ortho intramolecular Hbond substituents is 2.